The van der Waals surface area contributed by atoms with Gasteiger partial charge in [-0.3, -0.25) is 9.59 Å². The van der Waals surface area contributed by atoms with E-state index in [1.165, 1.54) is 11.3 Å². The molecule has 0 radical (unpaired) electrons. The number of anilines is 1. The van der Waals surface area contributed by atoms with E-state index in [0.29, 0.717) is 18.0 Å². The molecular formula is C23H22N2O3S. The first-order chi connectivity index (χ1) is 14.1. The molecular weight excluding hydrogens is 384 g/mol. The smallest absolute Gasteiger partial charge is 0.307 e. The molecule has 2 atom stereocenters. The minimum absolute atomic E-state index is 0.238. The van der Waals surface area contributed by atoms with Gasteiger partial charge in [-0.05, 0) is 24.0 Å². The number of hydrogen-bond donors (Lipinski definition) is 2. The zero-order valence-corrected chi connectivity index (χ0v) is 16.7. The van der Waals surface area contributed by atoms with Gasteiger partial charge in [0.05, 0.1) is 17.5 Å². The highest BCUT2D eigenvalue weighted by Gasteiger charge is 2.35. The van der Waals surface area contributed by atoms with Crippen LogP contribution in [0.3, 0.4) is 0 Å². The van der Waals surface area contributed by atoms with Crippen LogP contribution in [0.4, 0.5) is 5.13 Å². The van der Waals surface area contributed by atoms with E-state index in [1.54, 1.807) is 0 Å². The van der Waals surface area contributed by atoms with Gasteiger partial charge in [0.2, 0.25) is 5.91 Å². The fourth-order valence-corrected chi connectivity index (χ4v) is 4.59. The SMILES string of the molecule is O=C(O)[C@@H]1CCCC[C@H]1C(=O)Nc1nc(-c2ccc(-c3ccccc3)cc2)cs1. The Morgan fingerprint density at radius 2 is 1.52 bits per heavy atom. The number of nitrogens with one attached hydrogen (secondary N) is 1. The maximum Gasteiger partial charge on any atom is 0.307 e. The van der Waals surface area contributed by atoms with Crippen LogP contribution in [-0.2, 0) is 9.59 Å². The predicted octanol–water partition coefficient (Wildman–Crippen LogP) is 5.31. The first kappa shape index (κ1) is 19.3. The molecule has 0 unspecified atom stereocenters. The molecule has 1 aliphatic carbocycles. The van der Waals surface area contributed by atoms with Crippen LogP contribution >= 0.6 is 11.3 Å². The molecule has 3 aromatic rings. The molecule has 0 aliphatic heterocycles. The van der Waals surface area contributed by atoms with E-state index >= 15 is 0 Å². The van der Waals surface area contributed by atoms with E-state index in [4.69, 9.17) is 0 Å². The molecule has 1 saturated carbocycles. The van der Waals surface area contributed by atoms with Crippen molar-refractivity contribution in [3.05, 3.63) is 60.0 Å². The van der Waals surface area contributed by atoms with Crippen LogP contribution in [0, 0.1) is 11.8 Å². The topological polar surface area (TPSA) is 79.3 Å². The fourth-order valence-electron chi connectivity index (χ4n) is 3.87. The lowest BCUT2D eigenvalue weighted by Crippen LogP contribution is -2.36. The second kappa shape index (κ2) is 8.57. The molecule has 2 aromatic carbocycles. The summed E-state index contributed by atoms with van der Waals surface area (Å²) in [5.74, 6) is -2.21. The van der Waals surface area contributed by atoms with Crippen LogP contribution in [0.5, 0.6) is 0 Å². The maximum absolute atomic E-state index is 12.6. The Balaban J connectivity index is 1.45. The van der Waals surface area contributed by atoms with Gasteiger partial charge >= 0.3 is 5.97 Å². The Morgan fingerprint density at radius 3 is 2.21 bits per heavy atom. The Hall–Kier alpha value is -2.99. The third kappa shape index (κ3) is 4.38. The zero-order valence-electron chi connectivity index (χ0n) is 15.9. The summed E-state index contributed by atoms with van der Waals surface area (Å²) < 4.78 is 0. The molecule has 1 aromatic heterocycles. The molecule has 0 spiro atoms. The van der Waals surface area contributed by atoms with E-state index < -0.39 is 17.8 Å². The Labute approximate surface area is 173 Å². The van der Waals surface area contributed by atoms with Crippen molar-refractivity contribution in [3.8, 4) is 22.4 Å². The summed E-state index contributed by atoms with van der Waals surface area (Å²) >= 11 is 1.36. The van der Waals surface area contributed by atoms with E-state index in [0.717, 1.165) is 35.2 Å². The van der Waals surface area contributed by atoms with Gasteiger partial charge in [-0.25, -0.2) is 4.98 Å². The van der Waals surface area contributed by atoms with E-state index in [2.05, 4.69) is 34.6 Å². The maximum atomic E-state index is 12.6. The first-order valence-electron chi connectivity index (χ1n) is 9.77. The van der Waals surface area contributed by atoms with Crippen molar-refractivity contribution in [2.24, 2.45) is 11.8 Å². The summed E-state index contributed by atoms with van der Waals surface area (Å²) in [6.45, 7) is 0. The molecule has 29 heavy (non-hydrogen) atoms. The van der Waals surface area contributed by atoms with Crippen LogP contribution in [0.25, 0.3) is 22.4 Å². The molecule has 6 heteroatoms. The molecule has 1 heterocycles. The standard InChI is InChI=1S/C23H22N2O3S/c26-21(18-8-4-5-9-19(18)22(27)28)25-23-24-20(14-29-23)17-12-10-16(11-13-17)15-6-2-1-3-7-15/h1-3,6-7,10-14,18-19H,4-5,8-9H2,(H,27,28)(H,24,25,26)/t18-,19-/m1/s1. The van der Waals surface area contributed by atoms with Crippen LogP contribution in [0.15, 0.2) is 60.0 Å². The number of carbonyl (C=O) groups is 2. The number of nitrogens with zero attached hydrogens (tertiary/aromatic N) is 1. The van der Waals surface area contributed by atoms with Crippen molar-refractivity contribution in [1.29, 1.82) is 0 Å². The zero-order chi connectivity index (χ0) is 20.2. The molecule has 148 valence electrons. The summed E-state index contributed by atoms with van der Waals surface area (Å²) in [5.41, 5.74) is 4.06. The molecule has 0 bridgehead atoms. The molecule has 1 aliphatic rings. The minimum atomic E-state index is -0.886. The Kier molecular flexibility index (Phi) is 5.71. The summed E-state index contributed by atoms with van der Waals surface area (Å²) in [4.78, 5) is 28.6. The average molecular weight is 407 g/mol. The van der Waals surface area contributed by atoms with Gasteiger partial charge in [0.1, 0.15) is 0 Å². The quantitative estimate of drug-likeness (QED) is 0.602. The molecule has 4 rings (SSSR count). The Morgan fingerprint density at radius 1 is 0.897 bits per heavy atom. The number of carboxylic acid groups (broad SMARTS) is 1. The number of rotatable bonds is 5. The first-order valence-corrected chi connectivity index (χ1v) is 10.6. The van der Waals surface area contributed by atoms with Gasteiger partial charge < -0.3 is 10.4 Å². The van der Waals surface area contributed by atoms with E-state index in [-0.39, 0.29) is 5.91 Å². The van der Waals surface area contributed by atoms with Crippen molar-refractivity contribution < 1.29 is 14.7 Å². The van der Waals surface area contributed by atoms with Crippen molar-refractivity contribution >= 4 is 28.3 Å². The summed E-state index contributed by atoms with van der Waals surface area (Å²) in [6.07, 6.45) is 2.92. The number of carboxylic acids is 1. The number of thiazole rings is 1. The molecule has 1 fully saturated rings. The monoisotopic (exact) mass is 406 g/mol. The normalized spacial score (nSPS) is 18.9. The highest BCUT2D eigenvalue weighted by Crippen LogP contribution is 2.32. The van der Waals surface area contributed by atoms with Gasteiger partial charge in [-0.1, -0.05) is 67.4 Å². The Bertz CT molecular complexity index is 998. The lowest BCUT2D eigenvalue weighted by atomic mass is 9.79. The molecule has 2 N–H and O–H groups in total. The minimum Gasteiger partial charge on any atom is -0.481 e. The summed E-state index contributed by atoms with van der Waals surface area (Å²) in [7, 11) is 0. The lowest BCUT2D eigenvalue weighted by Gasteiger charge is -2.26. The molecule has 1 amide bonds. The van der Waals surface area contributed by atoms with E-state index in [1.807, 2.05) is 35.7 Å². The van der Waals surface area contributed by atoms with Crippen LogP contribution in [0.2, 0.25) is 0 Å². The lowest BCUT2D eigenvalue weighted by molar-refractivity contribution is -0.147. The van der Waals surface area contributed by atoms with Gasteiger partial charge in [0.25, 0.3) is 0 Å². The summed E-state index contributed by atoms with van der Waals surface area (Å²) in [6, 6.07) is 18.3. The average Bonchev–Trinajstić information content (AvgIpc) is 3.23. The highest BCUT2D eigenvalue weighted by atomic mass is 32.1. The van der Waals surface area contributed by atoms with Crippen LogP contribution in [-0.4, -0.2) is 22.0 Å². The number of aliphatic carboxylic acids is 1. The van der Waals surface area contributed by atoms with Crippen molar-refractivity contribution in [3.63, 3.8) is 0 Å². The molecule has 5 nitrogen and oxygen atoms in total. The van der Waals surface area contributed by atoms with Crippen molar-refractivity contribution in [2.75, 3.05) is 5.32 Å². The number of amides is 1. The van der Waals surface area contributed by atoms with Crippen LogP contribution in [0.1, 0.15) is 25.7 Å². The fraction of sp³-hybridized carbons (Fsp3) is 0.261. The number of aromatic nitrogens is 1. The summed E-state index contributed by atoms with van der Waals surface area (Å²) in [5, 5.41) is 14.6. The third-order valence-corrected chi connectivity index (χ3v) is 6.20. The van der Waals surface area contributed by atoms with Gasteiger partial charge in [-0.15, -0.1) is 11.3 Å². The molecule has 0 saturated heterocycles. The second-order valence-electron chi connectivity index (χ2n) is 7.31. The number of benzene rings is 2. The van der Waals surface area contributed by atoms with Crippen molar-refractivity contribution in [1.82, 2.24) is 4.98 Å². The van der Waals surface area contributed by atoms with Gasteiger partial charge in [-0.2, -0.15) is 0 Å². The van der Waals surface area contributed by atoms with Crippen LogP contribution < -0.4 is 5.32 Å². The predicted molar refractivity (Wildman–Crippen MR) is 115 cm³/mol. The largest absolute Gasteiger partial charge is 0.481 e. The third-order valence-electron chi connectivity index (χ3n) is 5.44. The van der Waals surface area contributed by atoms with Gasteiger partial charge in [0.15, 0.2) is 5.13 Å². The number of hydrogen-bond acceptors (Lipinski definition) is 4. The van der Waals surface area contributed by atoms with Crippen molar-refractivity contribution in [2.45, 2.75) is 25.7 Å². The van der Waals surface area contributed by atoms with Gasteiger partial charge in [0, 0.05) is 10.9 Å². The number of carbonyl (C=O) groups excluding carboxylic acids is 1. The van der Waals surface area contributed by atoms with E-state index in [9.17, 15) is 14.7 Å². The highest BCUT2D eigenvalue weighted by molar-refractivity contribution is 7.14. The second-order valence-corrected chi connectivity index (χ2v) is 8.16.